The van der Waals surface area contributed by atoms with Crippen molar-refractivity contribution in [2.45, 2.75) is 6.92 Å². The molecule has 0 saturated carbocycles. The Morgan fingerprint density at radius 1 is 1.38 bits per heavy atom. The molecule has 0 unspecified atom stereocenters. The van der Waals surface area contributed by atoms with Crippen molar-refractivity contribution >= 4 is 10.9 Å². The number of hydrogen-bond acceptors (Lipinski definition) is 3. The maximum absolute atomic E-state index is 10.9. The summed E-state index contributed by atoms with van der Waals surface area (Å²) in [7, 11) is 0. The molecule has 0 bridgehead atoms. The molecule has 16 heavy (non-hydrogen) atoms. The number of aromatic nitrogens is 3. The van der Waals surface area contributed by atoms with Crippen LogP contribution in [0.2, 0.25) is 0 Å². The van der Waals surface area contributed by atoms with Crippen molar-refractivity contribution in [1.82, 2.24) is 15.2 Å². The number of nitrogens with zero attached hydrogens (tertiary/aromatic N) is 1. The second-order valence-electron chi connectivity index (χ2n) is 3.67. The minimum absolute atomic E-state index is 0.306. The van der Waals surface area contributed by atoms with E-state index in [0.717, 1.165) is 16.5 Å². The van der Waals surface area contributed by atoms with Gasteiger partial charge in [-0.25, -0.2) is 9.89 Å². The predicted molar refractivity (Wildman–Crippen MR) is 59.2 cm³/mol. The van der Waals surface area contributed by atoms with Crippen LogP contribution in [0, 0.1) is 6.92 Å². The molecular formula is C11H9N3O2. The zero-order valence-electron chi connectivity index (χ0n) is 8.57. The third kappa shape index (κ3) is 1.25. The minimum Gasteiger partial charge on any atom is -0.388 e. The molecule has 0 aliphatic rings. The first-order valence-corrected chi connectivity index (χ1v) is 4.87. The Balaban J connectivity index is 2.29. The molecule has 2 N–H and O–H groups in total. The highest BCUT2D eigenvalue weighted by Gasteiger charge is 2.10. The Labute approximate surface area is 90.1 Å². The summed E-state index contributed by atoms with van der Waals surface area (Å²) in [6.45, 7) is 2.02. The summed E-state index contributed by atoms with van der Waals surface area (Å²) in [4.78, 5) is 14.0. The van der Waals surface area contributed by atoms with Crippen LogP contribution < -0.4 is 5.76 Å². The molecule has 5 heteroatoms. The quantitative estimate of drug-likeness (QED) is 0.650. The van der Waals surface area contributed by atoms with Gasteiger partial charge in [-0.2, -0.15) is 0 Å². The summed E-state index contributed by atoms with van der Waals surface area (Å²) in [5.74, 6) is -0.239. The maximum Gasteiger partial charge on any atom is 0.434 e. The van der Waals surface area contributed by atoms with Crippen molar-refractivity contribution < 1.29 is 4.42 Å². The highest BCUT2D eigenvalue weighted by Crippen LogP contribution is 2.26. The van der Waals surface area contributed by atoms with Crippen LogP contribution in [0.4, 0.5) is 0 Å². The number of fused-ring (bicyclic) bond motifs is 1. The van der Waals surface area contributed by atoms with Gasteiger partial charge in [0.05, 0.1) is 5.56 Å². The minimum atomic E-state index is -0.545. The zero-order chi connectivity index (χ0) is 11.1. The van der Waals surface area contributed by atoms with Gasteiger partial charge in [-0.3, -0.25) is 0 Å². The number of H-pyrrole nitrogens is 2. The Morgan fingerprint density at radius 2 is 2.25 bits per heavy atom. The molecule has 0 fully saturated rings. The summed E-state index contributed by atoms with van der Waals surface area (Å²) in [5, 5.41) is 7.04. The lowest BCUT2D eigenvalue weighted by Gasteiger charge is -1.94. The van der Waals surface area contributed by atoms with Gasteiger partial charge in [-0.05, 0) is 18.6 Å². The fourth-order valence-corrected chi connectivity index (χ4v) is 1.76. The van der Waals surface area contributed by atoms with E-state index in [4.69, 9.17) is 4.42 Å². The standard InChI is InChI=1S/C11H9N3O2/c1-6-2-3-7-8(5-12-9(7)4-6)10-13-14-11(15)16-10/h2-5,12H,1H3,(H,14,15). The Morgan fingerprint density at radius 3 is 3.00 bits per heavy atom. The van der Waals surface area contributed by atoms with Crippen LogP contribution in [-0.2, 0) is 0 Å². The highest BCUT2D eigenvalue weighted by atomic mass is 16.4. The van der Waals surface area contributed by atoms with E-state index in [2.05, 4.69) is 15.2 Å². The van der Waals surface area contributed by atoms with Crippen LogP contribution in [0.15, 0.2) is 33.6 Å². The van der Waals surface area contributed by atoms with E-state index in [1.54, 1.807) is 6.20 Å². The number of hydrogen-bond donors (Lipinski definition) is 2. The maximum atomic E-state index is 10.9. The van der Waals surface area contributed by atoms with E-state index < -0.39 is 5.76 Å². The second-order valence-corrected chi connectivity index (χ2v) is 3.67. The predicted octanol–water partition coefficient (Wildman–Crippen LogP) is 1.82. The van der Waals surface area contributed by atoms with Crippen LogP contribution in [0.1, 0.15) is 5.56 Å². The number of aromatic amines is 2. The number of rotatable bonds is 1. The molecule has 3 aromatic rings. The van der Waals surface area contributed by atoms with Gasteiger partial charge in [0.25, 0.3) is 5.89 Å². The summed E-state index contributed by atoms with van der Waals surface area (Å²) in [6, 6.07) is 6.01. The molecular weight excluding hydrogens is 206 g/mol. The van der Waals surface area contributed by atoms with Gasteiger partial charge in [0.15, 0.2) is 0 Å². The molecule has 2 aromatic heterocycles. The van der Waals surface area contributed by atoms with E-state index in [-0.39, 0.29) is 0 Å². The number of nitrogens with one attached hydrogen (secondary N) is 2. The van der Waals surface area contributed by atoms with Gasteiger partial charge in [0.2, 0.25) is 0 Å². The van der Waals surface area contributed by atoms with E-state index in [0.29, 0.717) is 5.89 Å². The molecule has 3 rings (SSSR count). The Bertz CT molecular complexity index is 705. The third-order valence-electron chi connectivity index (χ3n) is 2.51. The SMILES string of the molecule is Cc1ccc2c(-c3n[nH]c(=O)o3)c[nH]c2c1. The van der Waals surface area contributed by atoms with Gasteiger partial charge < -0.3 is 9.40 Å². The summed E-state index contributed by atoms with van der Waals surface area (Å²) < 4.78 is 4.92. The molecule has 0 saturated heterocycles. The monoisotopic (exact) mass is 215 g/mol. The fourth-order valence-electron chi connectivity index (χ4n) is 1.76. The van der Waals surface area contributed by atoms with Crippen LogP contribution >= 0.6 is 0 Å². The Hall–Kier alpha value is -2.30. The van der Waals surface area contributed by atoms with Crippen LogP contribution in [0.3, 0.4) is 0 Å². The largest absolute Gasteiger partial charge is 0.434 e. The second kappa shape index (κ2) is 3.10. The van der Waals surface area contributed by atoms with E-state index in [1.807, 2.05) is 25.1 Å². The molecule has 80 valence electrons. The van der Waals surface area contributed by atoms with Gasteiger partial charge >= 0.3 is 5.76 Å². The lowest BCUT2D eigenvalue weighted by atomic mass is 10.1. The summed E-state index contributed by atoms with van der Waals surface area (Å²) in [5.41, 5.74) is 2.96. The zero-order valence-corrected chi connectivity index (χ0v) is 8.57. The van der Waals surface area contributed by atoms with Crippen molar-refractivity contribution in [3.63, 3.8) is 0 Å². The lowest BCUT2D eigenvalue weighted by molar-refractivity contribution is 0.527. The molecule has 0 atom stereocenters. The first kappa shape index (κ1) is 8.96. The van der Waals surface area contributed by atoms with Crippen LogP contribution in [0.5, 0.6) is 0 Å². The first-order valence-electron chi connectivity index (χ1n) is 4.87. The average molecular weight is 215 g/mol. The fraction of sp³-hybridized carbons (Fsp3) is 0.0909. The van der Waals surface area contributed by atoms with Gasteiger partial charge in [0, 0.05) is 17.1 Å². The van der Waals surface area contributed by atoms with Crippen molar-refractivity contribution in [1.29, 1.82) is 0 Å². The highest BCUT2D eigenvalue weighted by molar-refractivity contribution is 5.93. The van der Waals surface area contributed by atoms with Gasteiger partial charge in [-0.1, -0.05) is 12.1 Å². The summed E-state index contributed by atoms with van der Waals surface area (Å²) in [6.07, 6.45) is 1.78. The van der Waals surface area contributed by atoms with Crippen molar-refractivity contribution in [2.24, 2.45) is 0 Å². The average Bonchev–Trinajstić information content (AvgIpc) is 2.83. The van der Waals surface area contributed by atoms with Crippen LogP contribution in [-0.4, -0.2) is 15.2 Å². The van der Waals surface area contributed by atoms with Crippen molar-refractivity contribution in [3.05, 3.63) is 40.5 Å². The van der Waals surface area contributed by atoms with Crippen molar-refractivity contribution in [2.75, 3.05) is 0 Å². The normalized spacial score (nSPS) is 11.1. The third-order valence-corrected chi connectivity index (χ3v) is 2.51. The Kier molecular flexibility index (Phi) is 1.73. The molecule has 0 spiro atoms. The lowest BCUT2D eigenvalue weighted by Crippen LogP contribution is -1.93. The summed E-state index contributed by atoms with van der Waals surface area (Å²) >= 11 is 0. The van der Waals surface area contributed by atoms with E-state index in [9.17, 15) is 4.79 Å². The molecule has 0 aliphatic heterocycles. The molecule has 0 amide bonds. The molecule has 2 heterocycles. The molecule has 0 radical (unpaired) electrons. The van der Waals surface area contributed by atoms with Gasteiger partial charge in [-0.15, -0.1) is 5.10 Å². The molecule has 0 aliphatic carbocycles. The molecule has 1 aromatic carbocycles. The first-order chi connectivity index (χ1) is 7.74. The van der Waals surface area contributed by atoms with E-state index >= 15 is 0 Å². The van der Waals surface area contributed by atoms with Gasteiger partial charge in [0.1, 0.15) is 0 Å². The van der Waals surface area contributed by atoms with Crippen LogP contribution in [0.25, 0.3) is 22.4 Å². The molecule has 5 nitrogen and oxygen atoms in total. The van der Waals surface area contributed by atoms with E-state index in [1.165, 1.54) is 5.56 Å². The topological polar surface area (TPSA) is 74.7 Å². The number of aryl methyl sites for hydroxylation is 1. The smallest absolute Gasteiger partial charge is 0.388 e. The van der Waals surface area contributed by atoms with Crippen molar-refractivity contribution in [3.8, 4) is 11.5 Å². The number of benzene rings is 1.